The zero-order valence-electron chi connectivity index (χ0n) is 23.1. The van der Waals surface area contributed by atoms with Gasteiger partial charge in [-0.15, -0.1) is 0 Å². The fraction of sp³-hybridized carbons (Fsp3) is 0.333. The van der Waals surface area contributed by atoms with E-state index in [1.807, 2.05) is 26.8 Å². The summed E-state index contributed by atoms with van der Waals surface area (Å²) in [5, 5.41) is 2.77. The van der Waals surface area contributed by atoms with E-state index in [0.29, 0.717) is 24.2 Å². The van der Waals surface area contributed by atoms with Crippen molar-refractivity contribution in [1.82, 2.24) is 10.2 Å². The lowest BCUT2D eigenvalue weighted by Crippen LogP contribution is -2.51. The van der Waals surface area contributed by atoms with Crippen molar-refractivity contribution in [2.45, 2.75) is 58.5 Å². The van der Waals surface area contributed by atoms with Crippen LogP contribution in [0.1, 0.15) is 42.5 Å². The van der Waals surface area contributed by atoms with Crippen molar-refractivity contribution in [2.75, 3.05) is 17.4 Å². The second-order valence-corrected chi connectivity index (χ2v) is 11.6. The fourth-order valence-electron chi connectivity index (χ4n) is 4.13. The Morgan fingerprint density at radius 1 is 0.949 bits per heavy atom. The van der Waals surface area contributed by atoms with Crippen molar-refractivity contribution >= 4 is 27.5 Å². The highest BCUT2D eigenvalue weighted by Crippen LogP contribution is 2.29. The standard InChI is InChI=1S/C30H36FN3O4S/c1-6-17-32-30(36)24(5)33(19-25-9-7-8-10-27(25)31)29(35)20-34(28-18-22(3)11-14-23(28)4)39(37,38)26-15-12-21(2)13-16-26/h7-16,18,24H,6,17,19-20H2,1-5H3,(H,32,36)/t24-/m1/s1. The fourth-order valence-corrected chi connectivity index (χ4v) is 5.60. The predicted molar refractivity (Wildman–Crippen MR) is 151 cm³/mol. The Kier molecular flexibility index (Phi) is 9.86. The van der Waals surface area contributed by atoms with E-state index in [0.717, 1.165) is 15.4 Å². The highest BCUT2D eigenvalue weighted by molar-refractivity contribution is 7.92. The molecule has 7 nitrogen and oxygen atoms in total. The summed E-state index contributed by atoms with van der Waals surface area (Å²) in [5.74, 6) is -1.55. The van der Waals surface area contributed by atoms with Crippen LogP contribution < -0.4 is 9.62 Å². The van der Waals surface area contributed by atoms with Crippen LogP contribution in [0.3, 0.4) is 0 Å². The highest BCUT2D eigenvalue weighted by Gasteiger charge is 2.33. The number of aryl methyl sites for hydroxylation is 3. The quantitative estimate of drug-likeness (QED) is 0.366. The minimum absolute atomic E-state index is 0.0381. The second-order valence-electron chi connectivity index (χ2n) is 9.69. The van der Waals surface area contributed by atoms with Crippen LogP contribution in [-0.4, -0.2) is 44.3 Å². The largest absolute Gasteiger partial charge is 0.354 e. The molecule has 0 fully saturated rings. The molecule has 0 radical (unpaired) electrons. The molecule has 0 aliphatic carbocycles. The van der Waals surface area contributed by atoms with Gasteiger partial charge in [-0.25, -0.2) is 12.8 Å². The maximum absolute atomic E-state index is 14.6. The van der Waals surface area contributed by atoms with Crippen molar-refractivity contribution in [3.63, 3.8) is 0 Å². The highest BCUT2D eigenvalue weighted by atomic mass is 32.2. The summed E-state index contributed by atoms with van der Waals surface area (Å²) >= 11 is 0. The first kappa shape index (κ1) is 29.8. The summed E-state index contributed by atoms with van der Waals surface area (Å²) in [4.78, 5) is 28.1. The van der Waals surface area contributed by atoms with E-state index in [-0.39, 0.29) is 17.0 Å². The van der Waals surface area contributed by atoms with Gasteiger partial charge in [0.2, 0.25) is 11.8 Å². The number of carbonyl (C=O) groups is 2. The van der Waals surface area contributed by atoms with E-state index in [1.54, 1.807) is 50.2 Å². The summed E-state index contributed by atoms with van der Waals surface area (Å²) in [5.41, 5.74) is 2.96. The number of halogens is 1. The van der Waals surface area contributed by atoms with Crippen molar-refractivity contribution in [3.8, 4) is 0 Å². The van der Waals surface area contributed by atoms with Crippen LogP contribution >= 0.6 is 0 Å². The lowest BCUT2D eigenvalue weighted by molar-refractivity contribution is -0.139. The predicted octanol–water partition coefficient (Wildman–Crippen LogP) is 4.89. The van der Waals surface area contributed by atoms with E-state index in [1.165, 1.54) is 29.2 Å². The molecular weight excluding hydrogens is 517 g/mol. The maximum atomic E-state index is 14.6. The van der Waals surface area contributed by atoms with Crippen LogP contribution in [0.2, 0.25) is 0 Å². The van der Waals surface area contributed by atoms with Gasteiger partial charge in [-0.3, -0.25) is 13.9 Å². The van der Waals surface area contributed by atoms with Gasteiger partial charge in [0.1, 0.15) is 18.4 Å². The average molecular weight is 554 g/mol. The molecule has 3 aromatic carbocycles. The molecule has 2 amide bonds. The monoisotopic (exact) mass is 553 g/mol. The number of carbonyl (C=O) groups excluding carboxylic acids is 2. The average Bonchev–Trinajstić information content (AvgIpc) is 2.91. The molecule has 0 bridgehead atoms. The third kappa shape index (κ3) is 7.23. The minimum Gasteiger partial charge on any atom is -0.354 e. The second kappa shape index (κ2) is 12.9. The third-order valence-electron chi connectivity index (χ3n) is 6.54. The molecule has 9 heteroatoms. The van der Waals surface area contributed by atoms with E-state index < -0.39 is 40.2 Å². The summed E-state index contributed by atoms with van der Waals surface area (Å²) < 4.78 is 43.6. The van der Waals surface area contributed by atoms with E-state index in [4.69, 9.17) is 0 Å². The van der Waals surface area contributed by atoms with Gasteiger partial charge >= 0.3 is 0 Å². The Bertz CT molecular complexity index is 1420. The van der Waals surface area contributed by atoms with Crippen molar-refractivity contribution < 1.29 is 22.4 Å². The number of nitrogens with one attached hydrogen (secondary N) is 1. The summed E-state index contributed by atoms with van der Waals surface area (Å²) in [7, 11) is -4.17. The Hall–Kier alpha value is -3.72. The zero-order chi connectivity index (χ0) is 28.7. The van der Waals surface area contributed by atoms with Gasteiger partial charge in [-0.05, 0) is 69.5 Å². The van der Waals surface area contributed by atoms with Crippen LogP contribution in [0.5, 0.6) is 0 Å². The van der Waals surface area contributed by atoms with Gasteiger partial charge in [0.15, 0.2) is 0 Å². The Balaban J connectivity index is 2.07. The molecule has 3 rings (SSSR count). The molecule has 0 heterocycles. The number of hydrogen-bond acceptors (Lipinski definition) is 4. The van der Waals surface area contributed by atoms with Crippen molar-refractivity contribution in [1.29, 1.82) is 0 Å². The molecule has 3 aromatic rings. The summed E-state index contributed by atoms with van der Waals surface area (Å²) in [6, 6.07) is 16.8. The maximum Gasteiger partial charge on any atom is 0.264 e. The summed E-state index contributed by atoms with van der Waals surface area (Å²) in [6.45, 7) is 8.58. The molecule has 0 aliphatic heterocycles. The smallest absolute Gasteiger partial charge is 0.264 e. The molecule has 0 saturated carbocycles. The van der Waals surface area contributed by atoms with Crippen molar-refractivity contribution in [2.24, 2.45) is 0 Å². The van der Waals surface area contributed by atoms with Crippen LogP contribution in [0.25, 0.3) is 0 Å². The molecule has 0 spiro atoms. The SMILES string of the molecule is CCCNC(=O)[C@@H](C)N(Cc1ccccc1F)C(=O)CN(c1cc(C)ccc1C)S(=O)(=O)c1ccc(C)cc1. The first-order chi connectivity index (χ1) is 18.4. The molecule has 1 N–H and O–H groups in total. The van der Waals surface area contributed by atoms with Crippen molar-refractivity contribution in [3.05, 3.63) is 94.8 Å². The van der Waals surface area contributed by atoms with E-state index in [9.17, 15) is 22.4 Å². The number of benzene rings is 3. The molecular formula is C30H36FN3O4S. The number of amides is 2. The van der Waals surface area contributed by atoms with Crippen LogP contribution in [-0.2, 0) is 26.2 Å². The van der Waals surface area contributed by atoms with Gasteiger partial charge in [0.25, 0.3) is 10.0 Å². The molecule has 0 unspecified atom stereocenters. The van der Waals surface area contributed by atoms with Crippen LogP contribution in [0.15, 0.2) is 71.6 Å². The Morgan fingerprint density at radius 2 is 1.59 bits per heavy atom. The molecule has 0 aromatic heterocycles. The molecule has 0 aliphatic rings. The van der Waals surface area contributed by atoms with Gasteiger partial charge in [0, 0.05) is 18.7 Å². The topological polar surface area (TPSA) is 86.8 Å². The Labute approximate surface area is 230 Å². The van der Waals surface area contributed by atoms with Gasteiger partial charge in [0.05, 0.1) is 10.6 Å². The number of anilines is 1. The lowest BCUT2D eigenvalue weighted by atomic mass is 10.1. The summed E-state index contributed by atoms with van der Waals surface area (Å²) in [6.07, 6.45) is 0.703. The van der Waals surface area contributed by atoms with Gasteiger partial charge in [-0.1, -0.05) is 55.0 Å². The molecule has 208 valence electrons. The van der Waals surface area contributed by atoms with Gasteiger partial charge < -0.3 is 10.2 Å². The number of sulfonamides is 1. The van der Waals surface area contributed by atoms with E-state index in [2.05, 4.69) is 5.32 Å². The lowest BCUT2D eigenvalue weighted by Gasteiger charge is -2.32. The minimum atomic E-state index is -4.17. The third-order valence-corrected chi connectivity index (χ3v) is 8.31. The number of nitrogens with zero attached hydrogens (tertiary/aromatic N) is 2. The van der Waals surface area contributed by atoms with E-state index >= 15 is 0 Å². The first-order valence-corrected chi connectivity index (χ1v) is 14.4. The Morgan fingerprint density at radius 3 is 2.23 bits per heavy atom. The van der Waals surface area contributed by atoms with Crippen LogP contribution in [0.4, 0.5) is 10.1 Å². The molecule has 39 heavy (non-hydrogen) atoms. The van der Waals surface area contributed by atoms with Gasteiger partial charge in [-0.2, -0.15) is 0 Å². The zero-order valence-corrected chi connectivity index (χ0v) is 23.9. The molecule has 1 atom stereocenters. The first-order valence-electron chi connectivity index (χ1n) is 12.9. The normalized spacial score (nSPS) is 12.1. The van der Waals surface area contributed by atoms with Crippen LogP contribution in [0, 0.1) is 26.6 Å². The number of hydrogen-bond donors (Lipinski definition) is 1. The molecule has 0 saturated heterocycles. The number of rotatable bonds is 11.